The second-order valence-electron chi connectivity index (χ2n) is 4.69. The van der Waals surface area contributed by atoms with E-state index in [9.17, 15) is 18.0 Å². The fourth-order valence-electron chi connectivity index (χ4n) is 2.16. The van der Waals surface area contributed by atoms with Gasteiger partial charge in [-0.2, -0.15) is 13.2 Å². The number of ketones is 1. The number of morpholine rings is 1. The molecule has 0 saturated carbocycles. The molecule has 0 aromatic heterocycles. The number of hydrogen-bond acceptors (Lipinski definition) is 3. The lowest BCUT2D eigenvalue weighted by molar-refractivity contribution is -0.137. The molecule has 1 fully saturated rings. The van der Waals surface area contributed by atoms with Gasteiger partial charge in [0.25, 0.3) is 0 Å². The van der Waals surface area contributed by atoms with E-state index in [-0.39, 0.29) is 11.3 Å². The zero-order valence-electron chi connectivity index (χ0n) is 11.1. The van der Waals surface area contributed by atoms with Crippen molar-refractivity contribution in [3.63, 3.8) is 0 Å². The molecule has 1 aliphatic rings. The average molecular weight is 287 g/mol. The summed E-state index contributed by atoms with van der Waals surface area (Å²) >= 11 is 0. The molecule has 1 saturated heterocycles. The standard InChI is InChI=1S/C14H16F3NO2/c1-2-18-7-8-20-12(9-18)13(19)10-3-5-11(6-4-10)14(15,16)17/h3-6,12H,2,7-9H2,1H3. The zero-order valence-corrected chi connectivity index (χ0v) is 11.1. The lowest BCUT2D eigenvalue weighted by atomic mass is 10.0. The molecule has 110 valence electrons. The third kappa shape index (κ3) is 3.37. The van der Waals surface area contributed by atoms with Crippen LogP contribution in [0.25, 0.3) is 0 Å². The molecule has 0 spiro atoms. The predicted molar refractivity (Wildman–Crippen MR) is 67.6 cm³/mol. The van der Waals surface area contributed by atoms with E-state index in [1.54, 1.807) is 0 Å². The van der Waals surface area contributed by atoms with Crippen LogP contribution in [-0.2, 0) is 10.9 Å². The van der Waals surface area contributed by atoms with E-state index in [0.717, 1.165) is 25.2 Å². The Labute approximate surface area is 115 Å². The Morgan fingerprint density at radius 1 is 1.35 bits per heavy atom. The molecule has 1 aromatic rings. The number of ether oxygens (including phenoxy) is 1. The number of Topliss-reactive ketones (excluding diaryl/α,β-unsaturated/α-hetero) is 1. The topological polar surface area (TPSA) is 29.5 Å². The van der Waals surface area contributed by atoms with E-state index >= 15 is 0 Å². The van der Waals surface area contributed by atoms with Crippen LogP contribution in [0.5, 0.6) is 0 Å². The Hall–Kier alpha value is -1.40. The summed E-state index contributed by atoms with van der Waals surface area (Å²) in [5, 5.41) is 0. The lowest BCUT2D eigenvalue weighted by Gasteiger charge is -2.31. The summed E-state index contributed by atoms with van der Waals surface area (Å²) in [6, 6.07) is 4.26. The number of carbonyl (C=O) groups is 1. The van der Waals surface area contributed by atoms with Crippen molar-refractivity contribution in [3.8, 4) is 0 Å². The first-order chi connectivity index (χ1) is 9.41. The Bertz CT molecular complexity index is 470. The normalized spacial score (nSPS) is 20.9. The summed E-state index contributed by atoms with van der Waals surface area (Å²) in [7, 11) is 0. The summed E-state index contributed by atoms with van der Waals surface area (Å²) in [6.07, 6.45) is -4.98. The summed E-state index contributed by atoms with van der Waals surface area (Å²) in [5.74, 6) is -0.267. The van der Waals surface area contributed by atoms with E-state index < -0.39 is 17.8 Å². The molecule has 3 nitrogen and oxygen atoms in total. The Kier molecular flexibility index (Phi) is 4.45. The second kappa shape index (κ2) is 5.93. The van der Waals surface area contributed by atoms with Crippen molar-refractivity contribution in [1.29, 1.82) is 0 Å². The number of alkyl halides is 3. The number of benzene rings is 1. The number of halogens is 3. The lowest BCUT2D eigenvalue weighted by Crippen LogP contribution is -2.45. The van der Waals surface area contributed by atoms with Crippen molar-refractivity contribution in [3.05, 3.63) is 35.4 Å². The summed E-state index contributed by atoms with van der Waals surface area (Å²) in [4.78, 5) is 14.3. The van der Waals surface area contributed by atoms with Crippen LogP contribution in [0, 0.1) is 0 Å². The Balaban J connectivity index is 2.09. The van der Waals surface area contributed by atoms with Gasteiger partial charge in [0.05, 0.1) is 12.2 Å². The van der Waals surface area contributed by atoms with Gasteiger partial charge in [-0.25, -0.2) is 0 Å². The fourth-order valence-corrected chi connectivity index (χ4v) is 2.16. The number of likely N-dealkylation sites (N-methyl/N-ethyl adjacent to an activating group) is 1. The molecule has 1 atom stereocenters. The molecule has 0 N–H and O–H groups in total. The minimum Gasteiger partial charge on any atom is -0.367 e. The second-order valence-corrected chi connectivity index (χ2v) is 4.69. The van der Waals surface area contributed by atoms with Gasteiger partial charge in [-0.15, -0.1) is 0 Å². The molecule has 0 radical (unpaired) electrons. The molecule has 6 heteroatoms. The van der Waals surface area contributed by atoms with E-state index in [2.05, 4.69) is 4.90 Å². The summed E-state index contributed by atoms with van der Waals surface area (Å²) in [5.41, 5.74) is -0.505. The fraction of sp³-hybridized carbons (Fsp3) is 0.500. The minimum absolute atomic E-state index is 0.251. The molecule has 1 aliphatic heterocycles. The van der Waals surface area contributed by atoms with Crippen LogP contribution >= 0.6 is 0 Å². The quantitative estimate of drug-likeness (QED) is 0.800. The van der Waals surface area contributed by atoms with Crippen molar-refractivity contribution in [2.45, 2.75) is 19.2 Å². The van der Waals surface area contributed by atoms with Crippen molar-refractivity contribution in [1.82, 2.24) is 4.90 Å². The van der Waals surface area contributed by atoms with Crippen molar-refractivity contribution in [2.75, 3.05) is 26.2 Å². The maximum atomic E-state index is 12.5. The molecule has 0 bridgehead atoms. The third-order valence-electron chi connectivity index (χ3n) is 3.39. The van der Waals surface area contributed by atoms with Crippen molar-refractivity contribution in [2.24, 2.45) is 0 Å². The van der Waals surface area contributed by atoms with Gasteiger partial charge in [-0.1, -0.05) is 19.1 Å². The maximum absolute atomic E-state index is 12.5. The molecule has 1 aromatic carbocycles. The van der Waals surface area contributed by atoms with Gasteiger partial charge in [0.2, 0.25) is 0 Å². The molecule has 20 heavy (non-hydrogen) atoms. The highest BCUT2D eigenvalue weighted by molar-refractivity contribution is 5.99. The van der Waals surface area contributed by atoms with Crippen LogP contribution in [0.3, 0.4) is 0 Å². The van der Waals surface area contributed by atoms with Crippen molar-refractivity contribution >= 4 is 5.78 Å². The zero-order chi connectivity index (χ0) is 14.8. The van der Waals surface area contributed by atoms with Crippen LogP contribution in [-0.4, -0.2) is 43.0 Å². The van der Waals surface area contributed by atoms with Gasteiger partial charge < -0.3 is 4.74 Å². The number of nitrogens with zero attached hydrogens (tertiary/aromatic N) is 1. The highest BCUT2D eigenvalue weighted by Crippen LogP contribution is 2.29. The highest BCUT2D eigenvalue weighted by Gasteiger charge is 2.31. The number of hydrogen-bond donors (Lipinski definition) is 0. The SMILES string of the molecule is CCN1CCOC(C(=O)c2ccc(C(F)(F)F)cc2)C1. The van der Waals surface area contributed by atoms with Gasteiger partial charge in [0.15, 0.2) is 5.78 Å². The summed E-state index contributed by atoms with van der Waals surface area (Å²) in [6.45, 7) is 4.53. The Morgan fingerprint density at radius 2 is 2.00 bits per heavy atom. The molecule has 2 rings (SSSR count). The van der Waals surface area contributed by atoms with Crippen LogP contribution in [0.4, 0.5) is 13.2 Å². The van der Waals surface area contributed by atoms with Gasteiger partial charge in [0, 0.05) is 18.7 Å². The van der Waals surface area contributed by atoms with Gasteiger partial charge >= 0.3 is 6.18 Å². The third-order valence-corrected chi connectivity index (χ3v) is 3.39. The van der Waals surface area contributed by atoms with Crippen LogP contribution < -0.4 is 0 Å². The van der Waals surface area contributed by atoms with E-state index in [1.165, 1.54) is 12.1 Å². The highest BCUT2D eigenvalue weighted by atomic mass is 19.4. The van der Waals surface area contributed by atoms with E-state index in [1.807, 2.05) is 6.92 Å². The van der Waals surface area contributed by atoms with Crippen LogP contribution in [0.1, 0.15) is 22.8 Å². The van der Waals surface area contributed by atoms with Gasteiger partial charge in [0.1, 0.15) is 6.10 Å². The molecule has 0 aliphatic carbocycles. The molecular formula is C14H16F3NO2. The van der Waals surface area contributed by atoms with Crippen LogP contribution in [0.15, 0.2) is 24.3 Å². The predicted octanol–water partition coefficient (Wildman–Crippen LogP) is 2.61. The van der Waals surface area contributed by atoms with E-state index in [0.29, 0.717) is 13.2 Å². The van der Waals surface area contributed by atoms with Gasteiger partial charge in [-0.3, -0.25) is 9.69 Å². The average Bonchev–Trinajstić information content (AvgIpc) is 2.46. The summed E-state index contributed by atoms with van der Waals surface area (Å²) < 4.78 is 42.8. The molecule has 1 unspecified atom stereocenters. The largest absolute Gasteiger partial charge is 0.416 e. The maximum Gasteiger partial charge on any atom is 0.416 e. The van der Waals surface area contributed by atoms with Crippen LogP contribution in [0.2, 0.25) is 0 Å². The molecular weight excluding hydrogens is 271 g/mol. The number of carbonyl (C=O) groups excluding carboxylic acids is 1. The monoisotopic (exact) mass is 287 g/mol. The molecule has 1 heterocycles. The van der Waals surface area contributed by atoms with Crippen molar-refractivity contribution < 1.29 is 22.7 Å². The first kappa shape index (κ1) is 15.0. The Morgan fingerprint density at radius 3 is 2.55 bits per heavy atom. The minimum atomic E-state index is -4.39. The first-order valence-electron chi connectivity index (χ1n) is 6.47. The first-order valence-corrected chi connectivity index (χ1v) is 6.47. The van der Waals surface area contributed by atoms with Gasteiger partial charge in [-0.05, 0) is 18.7 Å². The number of rotatable bonds is 3. The molecule has 0 amide bonds. The van der Waals surface area contributed by atoms with E-state index in [4.69, 9.17) is 4.74 Å². The smallest absolute Gasteiger partial charge is 0.367 e.